The minimum atomic E-state index is 0.643. The van der Waals surface area contributed by atoms with Gasteiger partial charge in [-0.25, -0.2) is 0 Å². The lowest BCUT2D eigenvalue weighted by Gasteiger charge is -2.32. The summed E-state index contributed by atoms with van der Waals surface area (Å²) in [6.07, 6.45) is 0.973. The van der Waals surface area contributed by atoms with Crippen molar-refractivity contribution in [1.82, 2.24) is 10.2 Å². The molecule has 1 unspecified atom stereocenters. The predicted octanol–water partition coefficient (Wildman–Crippen LogP) is 0.694. The number of nitrogens with one attached hydrogen (secondary N) is 1. The van der Waals surface area contributed by atoms with Gasteiger partial charge in [0.05, 0.1) is 6.54 Å². The highest BCUT2D eigenvalue weighted by Crippen LogP contribution is 2.00. The van der Waals surface area contributed by atoms with Crippen LogP contribution in [0, 0.1) is 11.8 Å². The van der Waals surface area contributed by atoms with Crippen molar-refractivity contribution < 1.29 is 0 Å². The fourth-order valence-corrected chi connectivity index (χ4v) is 1.40. The predicted molar refractivity (Wildman–Crippen MR) is 52.0 cm³/mol. The Labute approximate surface area is 75.3 Å². The molecule has 0 spiro atoms. The lowest BCUT2D eigenvalue weighted by molar-refractivity contribution is 0.196. The number of piperazine rings is 1. The second kappa shape index (κ2) is 5.18. The Kier molecular flexibility index (Phi) is 4.13. The fourth-order valence-electron chi connectivity index (χ4n) is 1.40. The molecule has 0 radical (unpaired) electrons. The Morgan fingerprint density at radius 1 is 1.50 bits per heavy atom. The molecular formula is C10H18N2. The second-order valence-electron chi connectivity index (χ2n) is 3.23. The van der Waals surface area contributed by atoms with Gasteiger partial charge in [-0.1, -0.05) is 12.8 Å². The van der Waals surface area contributed by atoms with Gasteiger partial charge in [0.15, 0.2) is 0 Å². The molecule has 1 fully saturated rings. The van der Waals surface area contributed by atoms with Crippen LogP contribution < -0.4 is 5.32 Å². The molecule has 12 heavy (non-hydrogen) atoms. The van der Waals surface area contributed by atoms with Crippen LogP contribution in [0.3, 0.4) is 0 Å². The molecule has 1 aliphatic heterocycles. The minimum Gasteiger partial charge on any atom is -0.314 e. The molecule has 1 atom stereocenters. The minimum absolute atomic E-state index is 0.643. The Morgan fingerprint density at radius 2 is 2.33 bits per heavy atom. The van der Waals surface area contributed by atoms with Gasteiger partial charge in [-0.2, -0.15) is 0 Å². The Balaban J connectivity index is 2.29. The SMILES string of the molecule is CCC#CCN1CCNCC1C. The van der Waals surface area contributed by atoms with Crippen molar-refractivity contribution in [2.24, 2.45) is 0 Å². The molecule has 1 rings (SSSR count). The molecule has 0 aromatic heterocycles. The van der Waals surface area contributed by atoms with Crippen LogP contribution in [0.25, 0.3) is 0 Å². The van der Waals surface area contributed by atoms with Gasteiger partial charge in [-0.15, -0.1) is 5.92 Å². The quantitative estimate of drug-likeness (QED) is 0.577. The molecule has 0 amide bonds. The highest BCUT2D eigenvalue weighted by Gasteiger charge is 2.15. The summed E-state index contributed by atoms with van der Waals surface area (Å²) in [6.45, 7) is 8.64. The van der Waals surface area contributed by atoms with E-state index in [0.717, 1.165) is 32.6 Å². The number of hydrogen-bond acceptors (Lipinski definition) is 2. The lowest BCUT2D eigenvalue weighted by Crippen LogP contribution is -2.49. The second-order valence-corrected chi connectivity index (χ2v) is 3.23. The van der Waals surface area contributed by atoms with Crippen LogP contribution in [0.4, 0.5) is 0 Å². The molecule has 1 heterocycles. The third kappa shape index (κ3) is 2.84. The van der Waals surface area contributed by atoms with Crippen molar-refractivity contribution in [3.05, 3.63) is 0 Å². The van der Waals surface area contributed by atoms with Crippen LogP contribution in [0.15, 0.2) is 0 Å². The molecule has 2 heteroatoms. The molecule has 0 aromatic carbocycles. The summed E-state index contributed by atoms with van der Waals surface area (Å²) in [5.41, 5.74) is 0. The van der Waals surface area contributed by atoms with Crippen LogP contribution in [0.1, 0.15) is 20.3 Å². The zero-order valence-electron chi connectivity index (χ0n) is 8.06. The molecule has 0 aliphatic carbocycles. The van der Waals surface area contributed by atoms with Gasteiger partial charge in [0.2, 0.25) is 0 Å². The largest absolute Gasteiger partial charge is 0.314 e. The van der Waals surface area contributed by atoms with Crippen LogP contribution in [-0.2, 0) is 0 Å². The zero-order chi connectivity index (χ0) is 8.81. The van der Waals surface area contributed by atoms with Crippen LogP contribution >= 0.6 is 0 Å². The number of hydrogen-bond donors (Lipinski definition) is 1. The summed E-state index contributed by atoms with van der Waals surface area (Å²) in [4.78, 5) is 2.43. The van der Waals surface area contributed by atoms with Crippen molar-refractivity contribution in [2.75, 3.05) is 26.2 Å². The summed E-state index contributed by atoms with van der Waals surface area (Å²) >= 11 is 0. The first-order chi connectivity index (χ1) is 5.84. The highest BCUT2D eigenvalue weighted by molar-refractivity contribution is 5.01. The highest BCUT2D eigenvalue weighted by atomic mass is 15.2. The lowest BCUT2D eigenvalue weighted by atomic mass is 10.2. The maximum atomic E-state index is 3.37. The molecule has 2 nitrogen and oxygen atoms in total. The molecule has 68 valence electrons. The third-order valence-corrected chi connectivity index (χ3v) is 2.22. The van der Waals surface area contributed by atoms with E-state index in [1.807, 2.05) is 0 Å². The van der Waals surface area contributed by atoms with Crippen molar-refractivity contribution in [2.45, 2.75) is 26.3 Å². The van der Waals surface area contributed by atoms with E-state index in [1.54, 1.807) is 0 Å². The van der Waals surface area contributed by atoms with E-state index < -0.39 is 0 Å². The van der Waals surface area contributed by atoms with Gasteiger partial charge >= 0.3 is 0 Å². The standard InChI is InChI=1S/C10H18N2/c1-3-4-5-7-12-8-6-11-9-10(12)2/h10-11H,3,6-9H2,1-2H3. The van der Waals surface area contributed by atoms with Crippen molar-refractivity contribution in [1.29, 1.82) is 0 Å². The first-order valence-corrected chi connectivity index (χ1v) is 4.75. The smallest absolute Gasteiger partial charge is 0.0604 e. The van der Waals surface area contributed by atoms with Crippen LogP contribution in [0.2, 0.25) is 0 Å². The number of nitrogens with zero attached hydrogens (tertiary/aromatic N) is 1. The topological polar surface area (TPSA) is 15.3 Å². The van der Waals surface area contributed by atoms with Crippen molar-refractivity contribution in [3.8, 4) is 11.8 Å². The number of rotatable bonds is 1. The van der Waals surface area contributed by atoms with Crippen molar-refractivity contribution >= 4 is 0 Å². The average Bonchev–Trinajstić information content (AvgIpc) is 2.09. The summed E-state index contributed by atoms with van der Waals surface area (Å²) in [6, 6.07) is 0.643. The Bertz CT molecular complexity index is 178. The molecule has 0 aromatic rings. The summed E-state index contributed by atoms with van der Waals surface area (Å²) in [5, 5.41) is 3.37. The summed E-state index contributed by atoms with van der Waals surface area (Å²) < 4.78 is 0. The van der Waals surface area contributed by atoms with Crippen LogP contribution in [-0.4, -0.2) is 37.1 Å². The van der Waals surface area contributed by atoms with Gasteiger partial charge in [0.1, 0.15) is 0 Å². The molecule has 1 aliphatic rings. The fraction of sp³-hybridized carbons (Fsp3) is 0.800. The monoisotopic (exact) mass is 166 g/mol. The van der Waals surface area contributed by atoms with E-state index in [4.69, 9.17) is 0 Å². The molecular weight excluding hydrogens is 148 g/mol. The average molecular weight is 166 g/mol. The first-order valence-electron chi connectivity index (χ1n) is 4.75. The Hall–Kier alpha value is -0.520. The first kappa shape index (κ1) is 9.57. The van der Waals surface area contributed by atoms with E-state index in [-0.39, 0.29) is 0 Å². The van der Waals surface area contributed by atoms with Gasteiger partial charge in [-0.05, 0) is 6.92 Å². The molecule has 0 bridgehead atoms. The van der Waals surface area contributed by atoms with E-state index in [2.05, 4.69) is 35.9 Å². The van der Waals surface area contributed by atoms with E-state index in [0.29, 0.717) is 6.04 Å². The molecule has 1 saturated heterocycles. The maximum Gasteiger partial charge on any atom is 0.0604 e. The van der Waals surface area contributed by atoms with Gasteiger partial charge in [0, 0.05) is 32.1 Å². The van der Waals surface area contributed by atoms with Gasteiger partial charge in [-0.3, -0.25) is 4.90 Å². The van der Waals surface area contributed by atoms with Gasteiger partial charge < -0.3 is 5.32 Å². The maximum absolute atomic E-state index is 3.37. The Morgan fingerprint density at radius 3 is 3.00 bits per heavy atom. The van der Waals surface area contributed by atoms with Crippen molar-refractivity contribution in [3.63, 3.8) is 0 Å². The van der Waals surface area contributed by atoms with E-state index in [1.165, 1.54) is 0 Å². The summed E-state index contributed by atoms with van der Waals surface area (Å²) in [5.74, 6) is 6.29. The normalized spacial score (nSPS) is 24.7. The third-order valence-electron chi connectivity index (χ3n) is 2.22. The summed E-state index contributed by atoms with van der Waals surface area (Å²) in [7, 11) is 0. The van der Waals surface area contributed by atoms with E-state index >= 15 is 0 Å². The molecule has 1 N–H and O–H groups in total. The molecule has 0 saturated carbocycles. The van der Waals surface area contributed by atoms with Gasteiger partial charge in [0.25, 0.3) is 0 Å². The van der Waals surface area contributed by atoms with E-state index in [9.17, 15) is 0 Å². The van der Waals surface area contributed by atoms with Crippen LogP contribution in [0.5, 0.6) is 0 Å². The zero-order valence-corrected chi connectivity index (χ0v) is 8.06.